The SMILES string of the molecule is CNC(=O)C(Cl)CC(C)(C)OC. The maximum atomic E-state index is 11.0. The Morgan fingerprint density at radius 3 is 2.50 bits per heavy atom. The molecule has 3 nitrogen and oxygen atoms in total. The van der Waals surface area contributed by atoms with Crippen LogP contribution in [0.2, 0.25) is 0 Å². The first-order chi connectivity index (χ1) is 5.43. The highest BCUT2D eigenvalue weighted by atomic mass is 35.5. The van der Waals surface area contributed by atoms with Crippen molar-refractivity contribution >= 4 is 17.5 Å². The van der Waals surface area contributed by atoms with Gasteiger partial charge in [-0.05, 0) is 13.8 Å². The third-order valence-electron chi connectivity index (χ3n) is 1.75. The Hall–Kier alpha value is -0.280. The molecule has 1 N–H and O–H groups in total. The molecule has 0 fully saturated rings. The maximum absolute atomic E-state index is 11.0. The molecule has 0 aliphatic rings. The molecule has 0 aliphatic heterocycles. The lowest BCUT2D eigenvalue weighted by Crippen LogP contribution is -2.35. The van der Waals surface area contributed by atoms with Gasteiger partial charge in [0.1, 0.15) is 5.38 Å². The van der Waals surface area contributed by atoms with Gasteiger partial charge < -0.3 is 10.1 Å². The fraction of sp³-hybridized carbons (Fsp3) is 0.875. The Kier molecular flexibility index (Phi) is 4.57. The molecule has 1 atom stereocenters. The van der Waals surface area contributed by atoms with Crippen molar-refractivity contribution in [1.29, 1.82) is 0 Å². The smallest absolute Gasteiger partial charge is 0.237 e. The molecule has 0 bridgehead atoms. The van der Waals surface area contributed by atoms with Crippen LogP contribution in [0.3, 0.4) is 0 Å². The van der Waals surface area contributed by atoms with Crippen LogP contribution in [0.25, 0.3) is 0 Å². The standard InChI is InChI=1S/C8H16ClNO2/c1-8(2,12-4)5-6(9)7(11)10-3/h6H,5H2,1-4H3,(H,10,11). The fourth-order valence-electron chi connectivity index (χ4n) is 0.764. The lowest BCUT2D eigenvalue weighted by molar-refractivity contribution is -0.121. The van der Waals surface area contributed by atoms with E-state index in [0.717, 1.165) is 0 Å². The minimum absolute atomic E-state index is 0.165. The van der Waals surface area contributed by atoms with Crippen molar-refractivity contribution in [2.45, 2.75) is 31.2 Å². The van der Waals surface area contributed by atoms with Gasteiger partial charge in [0.25, 0.3) is 0 Å². The number of rotatable bonds is 4. The van der Waals surface area contributed by atoms with E-state index in [1.807, 2.05) is 13.8 Å². The molecule has 4 heteroatoms. The second kappa shape index (κ2) is 4.67. The maximum Gasteiger partial charge on any atom is 0.237 e. The number of ether oxygens (including phenoxy) is 1. The van der Waals surface area contributed by atoms with Crippen molar-refractivity contribution in [2.24, 2.45) is 0 Å². The predicted octanol–water partition coefficient (Wildman–Crippen LogP) is 1.15. The zero-order valence-electron chi connectivity index (χ0n) is 7.98. The summed E-state index contributed by atoms with van der Waals surface area (Å²) in [6.07, 6.45) is 0.505. The van der Waals surface area contributed by atoms with E-state index in [1.165, 1.54) is 0 Å². The van der Waals surface area contributed by atoms with Gasteiger partial charge >= 0.3 is 0 Å². The lowest BCUT2D eigenvalue weighted by atomic mass is 10.0. The summed E-state index contributed by atoms with van der Waals surface area (Å²) in [7, 11) is 3.17. The van der Waals surface area contributed by atoms with Gasteiger partial charge in [-0.25, -0.2) is 0 Å². The summed E-state index contributed by atoms with van der Waals surface area (Å²) in [5.74, 6) is -0.165. The molecule has 0 aromatic carbocycles. The summed E-state index contributed by atoms with van der Waals surface area (Å²) in [6, 6.07) is 0. The molecule has 12 heavy (non-hydrogen) atoms. The van der Waals surface area contributed by atoms with Crippen molar-refractivity contribution in [3.8, 4) is 0 Å². The number of hydrogen-bond acceptors (Lipinski definition) is 2. The van der Waals surface area contributed by atoms with E-state index in [0.29, 0.717) is 6.42 Å². The molecule has 0 aromatic heterocycles. The van der Waals surface area contributed by atoms with Gasteiger partial charge in [-0.3, -0.25) is 4.79 Å². The largest absolute Gasteiger partial charge is 0.379 e. The molecule has 0 aromatic rings. The van der Waals surface area contributed by atoms with Crippen molar-refractivity contribution in [1.82, 2.24) is 5.32 Å². The van der Waals surface area contributed by atoms with Gasteiger partial charge in [0.2, 0.25) is 5.91 Å². The van der Waals surface area contributed by atoms with Crippen LogP contribution in [0.4, 0.5) is 0 Å². The predicted molar refractivity (Wildman–Crippen MR) is 49.4 cm³/mol. The van der Waals surface area contributed by atoms with Crippen LogP contribution in [0.5, 0.6) is 0 Å². The zero-order chi connectivity index (χ0) is 9.78. The number of carbonyl (C=O) groups is 1. The van der Waals surface area contributed by atoms with Crippen LogP contribution in [0.1, 0.15) is 20.3 Å². The fourth-order valence-corrected chi connectivity index (χ4v) is 1.24. The minimum Gasteiger partial charge on any atom is -0.379 e. The van der Waals surface area contributed by atoms with E-state index >= 15 is 0 Å². The first-order valence-electron chi connectivity index (χ1n) is 3.84. The average Bonchev–Trinajstić information content (AvgIpc) is 2.02. The quantitative estimate of drug-likeness (QED) is 0.681. The van der Waals surface area contributed by atoms with Gasteiger partial charge in [0.15, 0.2) is 0 Å². The summed E-state index contributed by atoms with van der Waals surface area (Å²) >= 11 is 5.80. The molecule has 0 radical (unpaired) electrons. The third kappa shape index (κ3) is 3.93. The number of amides is 1. The number of hydrogen-bond donors (Lipinski definition) is 1. The highest BCUT2D eigenvalue weighted by Gasteiger charge is 2.25. The molecule has 0 aliphatic carbocycles. The highest BCUT2D eigenvalue weighted by molar-refractivity contribution is 6.30. The highest BCUT2D eigenvalue weighted by Crippen LogP contribution is 2.18. The second-order valence-electron chi connectivity index (χ2n) is 3.25. The first-order valence-corrected chi connectivity index (χ1v) is 4.27. The zero-order valence-corrected chi connectivity index (χ0v) is 8.73. The second-order valence-corrected chi connectivity index (χ2v) is 3.78. The van der Waals surface area contributed by atoms with E-state index < -0.39 is 5.38 Å². The summed E-state index contributed by atoms with van der Waals surface area (Å²) in [4.78, 5) is 11.0. The molecule has 0 spiro atoms. The molecule has 0 saturated heterocycles. The average molecular weight is 194 g/mol. The van der Waals surface area contributed by atoms with E-state index in [4.69, 9.17) is 16.3 Å². The lowest BCUT2D eigenvalue weighted by Gasteiger charge is -2.24. The van der Waals surface area contributed by atoms with Crippen LogP contribution in [-0.4, -0.2) is 31.0 Å². The normalized spacial score (nSPS) is 14.1. The summed E-state index contributed by atoms with van der Waals surface area (Å²) < 4.78 is 5.14. The van der Waals surface area contributed by atoms with Crippen LogP contribution in [0, 0.1) is 0 Å². The molecule has 0 saturated carbocycles. The Labute approximate surface area is 78.4 Å². The minimum atomic E-state index is -0.523. The van der Waals surface area contributed by atoms with Crippen LogP contribution in [-0.2, 0) is 9.53 Å². The summed E-state index contributed by atoms with van der Waals surface area (Å²) in [5.41, 5.74) is -0.348. The van der Waals surface area contributed by atoms with Crippen molar-refractivity contribution in [3.63, 3.8) is 0 Å². The Balaban J connectivity index is 3.99. The first kappa shape index (κ1) is 11.7. The van der Waals surface area contributed by atoms with Crippen molar-refractivity contribution < 1.29 is 9.53 Å². The molecule has 0 rings (SSSR count). The molecule has 1 unspecified atom stereocenters. The number of nitrogens with one attached hydrogen (secondary N) is 1. The van der Waals surface area contributed by atoms with Crippen LogP contribution in [0.15, 0.2) is 0 Å². The Morgan fingerprint density at radius 1 is 1.67 bits per heavy atom. The van der Waals surface area contributed by atoms with Crippen molar-refractivity contribution in [2.75, 3.05) is 14.2 Å². The monoisotopic (exact) mass is 193 g/mol. The van der Waals surface area contributed by atoms with E-state index in [1.54, 1.807) is 14.2 Å². The van der Waals surface area contributed by atoms with Gasteiger partial charge in [-0.2, -0.15) is 0 Å². The van der Waals surface area contributed by atoms with E-state index in [9.17, 15) is 4.79 Å². The molecular formula is C8H16ClNO2. The Morgan fingerprint density at radius 2 is 2.17 bits per heavy atom. The number of carbonyl (C=O) groups excluding carboxylic acids is 1. The van der Waals surface area contributed by atoms with Crippen molar-refractivity contribution in [3.05, 3.63) is 0 Å². The van der Waals surface area contributed by atoms with E-state index in [2.05, 4.69) is 5.32 Å². The number of halogens is 1. The third-order valence-corrected chi connectivity index (χ3v) is 2.11. The summed E-state index contributed by atoms with van der Waals surface area (Å²) in [5, 5.41) is 1.96. The summed E-state index contributed by atoms with van der Waals surface area (Å²) in [6.45, 7) is 3.79. The number of alkyl halides is 1. The van der Waals surface area contributed by atoms with E-state index in [-0.39, 0.29) is 11.5 Å². The van der Waals surface area contributed by atoms with Crippen LogP contribution >= 0.6 is 11.6 Å². The number of methoxy groups -OCH3 is 1. The topological polar surface area (TPSA) is 38.3 Å². The molecule has 72 valence electrons. The van der Waals surface area contributed by atoms with Gasteiger partial charge in [-0.1, -0.05) is 0 Å². The molecular weight excluding hydrogens is 178 g/mol. The molecule has 1 amide bonds. The van der Waals surface area contributed by atoms with Gasteiger partial charge in [-0.15, -0.1) is 11.6 Å². The van der Waals surface area contributed by atoms with Crippen LogP contribution < -0.4 is 5.32 Å². The molecule has 0 heterocycles. The van der Waals surface area contributed by atoms with Gasteiger partial charge in [0.05, 0.1) is 5.60 Å². The Bertz CT molecular complexity index is 159. The van der Waals surface area contributed by atoms with Gasteiger partial charge in [0, 0.05) is 20.6 Å².